The Morgan fingerprint density at radius 1 is 1.33 bits per heavy atom. The molecule has 0 aliphatic heterocycles. The van der Waals surface area contributed by atoms with Gasteiger partial charge in [0.1, 0.15) is 0 Å². The van der Waals surface area contributed by atoms with E-state index in [2.05, 4.69) is 42.5 Å². The highest BCUT2D eigenvalue weighted by Crippen LogP contribution is 2.36. The minimum atomic E-state index is 0.475. The largest absolute Gasteiger partial charge is 0.384 e. The van der Waals surface area contributed by atoms with Gasteiger partial charge in [-0.05, 0) is 37.7 Å². The Morgan fingerprint density at radius 3 is 2.83 bits per heavy atom. The molecule has 1 aliphatic carbocycles. The molecule has 1 unspecified atom stereocenters. The van der Waals surface area contributed by atoms with E-state index >= 15 is 0 Å². The van der Waals surface area contributed by atoms with E-state index in [4.69, 9.17) is 0 Å². The van der Waals surface area contributed by atoms with E-state index in [0.29, 0.717) is 11.5 Å². The third-order valence-corrected chi connectivity index (χ3v) is 3.70. The number of nitrogens with one attached hydrogen (secondary N) is 2. The van der Waals surface area contributed by atoms with Gasteiger partial charge in [-0.3, -0.25) is 4.98 Å². The molecule has 1 heterocycles. The molecule has 1 aliphatic rings. The molecule has 1 atom stereocenters. The van der Waals surface area contributed by atoms with Crippen molar-refractivity contribution in [3.8, 4) is 0 Å². The molecule has 3 heteroatoms. The fourth-order valence-corrected chi connectivity index (χ4v) is 2.88. The van der Waals surface area contributed by atoms with Crippen molar-refractivity contribution in [1.29, 1.82) is 0 Å². The summed E-state index contributed by atoms with van der Waals surface area (Å²) in [6.45, 7) is 7.77. The van der Waals surface area contributed by atoms with Crippen LogP contribution in [0.3, 0.4) is 0 Å². The zero-order valence-electron chi connectivity index (χ0n) is 11.8. The van der Waals surface area contributed by atoms with Crippen molar-refractivity contribution in [2.45, 2.75) is 52.5 Å². The van der Waals surface area contributed by atoms with Gasteiger partial charge in [0.15, 0.2) is 0 Å². The molecule has 1 saturated carbocycles. The van der Waals surface area contributed by atoms with Crippen molar-refractivity contribution >= 4 is 11.4 Å². The summed E-state index contributed by atoms with van der Waals surface area (Å²) in [6.07, 6.45) is 8.99. The summed E-state index contributed by atoms with van der Waals surface area (Å²) in [7, 11) is 0. The van der Waals surface area contributed by atoms with Crippen LogP contribution in [0, 0.1) is 5.41 Å². The fraction of sp³-hybridized carbons (Fsp3) is 0.667. The van der Waals surface area contributed by atoms with Gasteiger partial charge in [-0.1, -0.05) is 20.3 Å². The SMILES string of the molecule is CCNc1cncc(NC2CCCC(C)(C)C2)c1. The van der Waals surface area contributed by atoms with E-state index < -0.39 is 0 Å². The maximum atomic E-state index is 4.28. The molecular formula is C15H25N3. The van der Waals surface area contributed by atoms with Gasteiger partial charge in [0.25, 0.3) is 0 Å². The molecule has 2 N–H and O–H groups in total. The van der Waals surface area contributed by atoms with Crippen LogP contribution in [0.15, 0.2) is 18.5 Å². The summed E-state index contributed by atoms with van der Waals surface area (Å²) in [4.78, 5) is 4.28. The zero-order valence-corrected chi connectivity index (χ0v) is 11.8. The number of aromatic nitrogens is 1. The molecule has 0 spiro atoms. The molecule has 2 rings (SSSR count). The van der Waals surface area contributed by atoms with Crippen LogP contribution >= 0.6 is 0 Å². The topological polar surface area (TPSA) is 37.0 Å². The average Bonchev–Trinajstić information content (AvgIpc) is 2.28. The molecule has 1 aromatic heterocycles. The molecule has 1 aromatic rings. The van der Waals surface area contributed by atoms with E-state index in [1.807, 2.05) is 12.4 Å². The van der Waals surface area contributed by atoms with Crippen molar-refractivity contribution < 1.29 is 0 Å². The number of nitrogens with zero attached hydrogens (tertiary/aromatic N) is 1. The number of pyridine rings is 1. The summed E-state index contributed by atoms with van der Waals surface area (Å²) in [5.41, 5.74) is 2.71. The molecular weight excluding hydrogens is 222 g/mol. The first-order chi connectivity index (χ1) is 8.59. The Morgan fingerprint density at radius 2 is 2.11 bits per heavy atom. The molecule has 18 heavy (non-hydrogen) atoms. The van der Waals surface area contributed by atoms with Crippen LogP contribution in [-0.4, -0.2) is 17.6 Å². The lowest BCUT2D eigenvalue weighted by molar-refractivity contribution is 0.229. The number of rotatable bonds is 4. The maximum Gasteiger partial charge on any atom is 0.0549 e. The number of hydrogen-bond donors (Lipinski definition) is 2. The Kier molecular flexibility index (Phi) is 4.10. The van der Waals surface area contributed by atoms with Crippen molar-refractivity contribution in [3.05, 3.63) is 18.5 Å². The van der Waals surface area contributed by atoms with E-state index in [1.165, 1.54) is 25.7 Å². The Labute approximate surface area is 110 Å². The van der Waals surface area contributed by atoms with E-state index in [0.717, 1.165) is 17.9 Å². The van der Waals surface area contributed by atoms with Gasteiger partial charge < -0.3 is 10.6 Å². The average molecular weight is 247 g/mol. The third-order valence-electron chi connectivity index (χ3n) is 3.70. The highest BCUT2D eigenvalue weighted by Gasteiger charge is 2.27. The van der Waals surface area contributed by atoms with Crippen molar-refractivity contribution in [2.24, 2.45) is 5.41 Å². The highest BCUT2D eigenvalue weighted by molar-refractivity contribution is 5.54. The van der Waals surface area contributed by atoms with Gasteiger partial charge in [-0.25, -0.2) is 0 Å². The summed E-state index contributed by atoms with van der Waals surface area (Å²) >= 11 is 0. The van der Waals surface area contributed by atoms with Crippen LogP contribution in [0.5, 0.6) is 0 Å². The van der Waals surface area contributed by atoms with Crippen LogP contribution in [0.4, 0.5) is 11.4 Å². The predicted octanol–water partition coefficient (Wildman–Crippen LogP) is 3.89. The van der Waals surface area contributed by atoms with E-state index in [1.54, 1.807) is 0 Å². The summed E-state index contributed by atoms with van der Waals surface area (Å²) in [6, 6.07) is 2.74. The van der Waals surface area contributed by atoms with Crippen molar-refractivity contribution in [2.75, 3.05) is 17.2 Å². The van der Waals surface area contributed by atoms with Crippen molar-refractivity contribution in [1.82, 2.24) is 4.98 Å². The summed E-state index contributed by atoms with van der Waals surface area (Å²) < 4.78 is 0. The minimum Gasteiger partial charge on any atom is -0.384 e. The Bertz CT molecular complexity index is 387. The van der Waals surface area contributed by atoms with Gasteiger partial charge in [0.2, 0.25) is 0 Å². The fourth-order valence-electron chi connectivity index (χ4n) is 2.88. The molecule has 1 fully saturated rings. The quantitative estimate of drug-likeness (QED) is 0.847. The zero-order chi connectivity index (χ0) is 13.0. The van der Waals surface area contributed by atoms with E-state index in [9.17, 15) is 0 Å². The Hall–Kier alpha value is -1.25. The van der Waals surface area contributed by atoms with Crippen LogP contribution in [0.1, 0.15) is 46.5 Å². The lowest BCUT2D eigenvalue weighted by Crippen LogP contribution is -2.31. The van der Waals surface area contributed by atoms with Gasteiger partial charge in [0, 0.05) is 12.6 Å². The standard InChI is InChI=1S/C15H25N3/c1-4-17-13-8-14(11-16-10-13)18-12-6-5-7-15(2,3)9-12/h8,10-12,17-18H,4-7,9H2,1-3H3. The van der Waals surface area contributed by atoms with Crippen LogP contribution in [0.2, 0.25) is 0 Å². The number of anilines is 2. The first-order valence-electron chi connectivity index (χ1n) is 7.04. The molecule has 0 radical (unpaired) electrons. The normalized spacial score (nSPS) is 22.5. The second-order valence-electron chi connectivity index (χ2n) is 6.09. The van der Waals surface area contributed by atoms with E-state index in [-0.39, 0.29) is 0 Å². The first-order valence-corrected chi connectivity index (χ1v) is 7.04. The first kappa shape index (κ1) is 13.2. The van der Waals surface area contributed by atoms with Gasteiger partial charge in [0.05, 0.1) is 23.8 Å². The van der Waals surface area contributed by atoms with Gasteiger partial charge in [-0.15, -0.1) is 0 Å². The molecule has 3 nitrogen and oxygen atoms in total. The molecule has 0 saturated heterocycles. The molecule has 0 bridgehead atoms. The second kappa shape index (κ2) is 5.59. The molecule has 0 aromatic carbocycles. The van der Waals surface area contributed by atoms with Crippen LogP contribution < -0.4 is 10.6 Å². The van der Waals surface area contributed by atoms with Crippen LogP contribution in [0.25, 0.3) is 0 Å². The monoisotopic (exact) mass is 247 g/mol. The highest BCUT2D eigenvalue weighted by atomic mass is 15.0. The summed E-state index contributed by atoms with van der Waals surface area (Å²) in [5, 5.41) is 6.93. The van der Waals surface area contributed by atoms with Crippen molar-refractivity contribution in [3.63, 3.8) is 0 Å². The molecule has 0 amide bonds. The molecule has 100 valence electrons. The lowest BCUT2D eigenvalue weighted by Gasteiger charge is -2.36. The van der Waals surface area contributed by atoms with Gasteiger partial charge >= 0.3 is 0 Å². The minimum absolute atomic E-state index is 0.475. The Balaban J connectivity index is 1.98. The lowest BCUT2D eigenvalue weighted by atomic mass is 9.75. The van der Waals surface area contributed by atoms with Crippen LogP contribution in [-0.2, 0) is 0 Å². The van der Waals surface area contributed by atoms with Gasteiger partial charge in [-0.2, -0.15) is 0 Å². The summed E-state index contributed by atoms with van der Waals surface area (Å²) in [5.74, 6) is 0. The predicted molar refractivity (Wildman–Crippen MR) is 78.1 cm³/mol. The maximum absolute atomic E-state index is 4.28. The third kappa shape index (κ3) is 3.62. The number of hydrogen-bond acceptors (Lipinski definition) is 3. The smallest absolute Gasteiger partial charge is 0.0549 e. The second-order valence-corrected chi connectivity index (χ2v) is 6.09.